The lowest BCUT2D eigenvalue weighted by Crippen LogP contribution is -2.03. The zero-order valence-electron chi connectivity index (χ0n) is 18.4. The van der Waals surface area contributed by atoms with Crippen LogP contribution >= 0.6 is 0 Å². The molecule has 32 heavy (non-hydrogen) atoms. The van der Waals surface area contributed by atoms with Crippen molar-refractivity contribution < 1.29 is 14.3 Å². The molecule has 0 atom stereocenters. The third-order valence-corrected chi connectivity index (χ3v) is 5.63. The molecule has 2 aromatic heterocycles. The number of nitrogens with zero attached hydrogens (tertiary/aromatic N) is 2. The van der Waals surface area contributed by atoms with Gasteiger partial charge in [0.1, 0.15) is 5.75 Å². The first kappa shape index (κ1) is 21.4. The van der Waals surface area contributed by atoms with Crippen molar-refractivity contribution >= 4 is 22.6 Å². The van der Waals surface area contributed by atoms with Crippen molar-refractivity contribution in [2.24, 2.45) is 0 Å². The number of pyridine rings is 1. The third-order valence-electron chi connectivity index (χ3n) is 5.63. The van der Waals surface area contributed by atoms with Gasteiger partial charge in [0, 0.05) is 47.6 Å². The zero-order chi connectivity index (χ0) is 22.5. The van der Waals surface area contributed by atoms with Crippen molar-refractivity contribution in [3.63, 3.8) is 0 Å². The van der Waals surface area contributed by atoms with Gasteiger partial charge in [-0.1, -0.05) is 12.1 Å². The summed E-state index contributed by atoms with van der Waals surface area (Å²) >= 11 is 0. The highest BCUT2D eigenvalue weighted by molar-refractivity contribution is 5.90. The highest BCUT2D eigenvalue weighted by Gasteiger charge is 2.14. The fourth-order valence-corrected chi connectivity index (χ4v) is 4.03. The van der Waals surface area contributed by atoms with E-state index in [0.717, 1.165) is 52.8 Å². The Balaban J connectivity index is 1.61. The Morgan fingerprint density at radius 1 is 1.06 bits per heavy atom. The molecule has 6 heteroatoms. The van der Waals surface area contributed by atoms with Crippen molar-refractivity contribution in [2.75, 3.05) is 20.0 Å². The summed E-state index contributed by atoms with van der Waals surface area (Å²) in [5.41, 5.74) is 11.7. The number of rotatable bonds is 8. The van der Waals surface area contributed by atoms with Crippen LogP contribution in [-0.4, -0.2) is 29.7 Å². The van der Waals surface area contributed by atoms with Gasteiger partial charge in [-0.05, 0) is 66.4 Å². The second kappa shape index (κ2) is 9.56. The van der Waals surface area contributed by atoms with E-state index in [1.807, 2.05) is 36.5 Å². The van der Waals surface area contributed by atoms with Crippen molar-refractivity contribution in [1.29, 1.82) is 0 Å². The first-order valence-electron chi connectivity index (χ1n) is 10.6. The van der Waals surface area contributed by atoms with E-state index >= 15 is 0 Å². The van der Waals surface area contributed by atoms with Gasteiger partial charge in [0.05, 0.1) is 19.8 Å². The van der Waals surface area contributed by atoms with Crippen molar-refractivity contribution in [3.8, 4) is 5.75 Å². The van der Waals surface area contributed by atoms with Gasteiger partial charge < -0.3 is 19.8 Å². The zero-order valence-corrected chi connectivity index (χ0v) is 18.4. The minimum atomic E-state index is -0.382. The predicted octanol–water partition coefficient (Wildman–Crippen LogP) is 4.64. The average Bonchev–Trinajstić information content (AvgIpc) is 3.15. The molecule has 4 rings (SSSR count). The number of fused-ring (bicyclic) bond motifs is 1. The lowest BCUT2D eigenvalue weighted by molar-refractivity contribution is 0.0600. The summed E-state index contributed by atoms with van der Waals surface area (Å²) in [7, 11) is 2.98. The number of anilines is 1. The number of carbonyl (C=O) groups excluding carboxylic acids is 1. The van der Waals surface area contributed by atoms with Crippen LogP contribution in [-0.2, 0) is 24.1 Å². The summed E-state index contributed by atoms with van der Waals surface area (Å²) in [6.45, 7) is 0.884. The Labute approximate surface area is 187 Å². The summed E-state index contributed by atoms with van der Waals surface area (Å²) in [5.74, 6) is 0.278. The summed E-state index contributed by atoms with van der Waals surface area (Å²) in [4.78, 5) is 16.3. The van der Waals surface area contributed by atoms with Crippen LogP contribution in [0.15, 0.2) is 67.0 Å². The largest absolute Gasteiger partial charge is 0.496 e. The molecule has 2 heterocycles. The van der Waals surface area contributed by atoms with Gasteiger partial charge in [0.25, 0.3) is 0 Å². The van der Waals surface area contributed by atoms with Crippen LogP contribution in [0.5, 0.6) is 5.75 Å². The van der Waals surface area contributed by atoms with Crippen LogP contribution in [0.3, 0.4) is 0 Å². The predicted molar refractivity (Wildman–Crippen MR) is 126 cm³/mol. The Bertz CT molecular complexity index is 1230. The summed E-state index contributed by atoms with van der Waals surface area (Å²) in [5, 5.41) is 1.13. The van der Waals surface area contributed by atoms with Gasteiger partial charge in [0.15, 0.2) is 0 Å². The number of benzene rings is 2. The van der Waals surface area contributed by atoms with Gasteiger partial charge in [-0.15, -0.1) is 0 Å². The second-order valence-electron chi connectivity index (χ2n) is 7.74. The molecule has 0 amide bonds. The first-order chi connectivity index (χ1) is 15.6. The number of aryl methyl sites for hydroxylation is 2. The number of esters is 1. The highest BCUT2D eigenvalue weighted by Crippen LogP contribution is 2.30. The minimum Gasteiger partial charge on any atom is -0.496 e. The second-order valence-corrected chi connectivity index (χ2v) is 7.74. The van der Waals surface area contributed by atoms with Crippen LogP contribution in [0.2, 0.25) is 0 Å². The van der Waals surface area contributed by atoms with E-state index in [1.165, 1.54) is 7.11 Å². The van der Waals surface area contributed by atoms with Crippen molar-refractivity contribution in [3.05, 3.63) is 89.4 Å². The normalized spacial score (nSPS) is 10.9. The fourth-order valence-electron chi connectivity index (χ4n) is 4.03. The topological polar surface area (TPSA) is 79.4 Å². The molecule has 6 nitrogen and oxygen atoms in total. The van der Waals surface area contributed by atoms with Gasteiger partial charge in [-0.2, -0.15) is 0 Å². The van der Waals surface area contributed by atoms with Gasteiger partial charge in [-0.25, -0.2) is 4.79 Å². The lowest BCUT2D eigenvalue weighted by atomic mass is 10.0. The maximum absolute atomic E-state index is 11.9. The minimum absolute atomic E-state index is 0.382. The number of carbonyl (C=O) groups is 1. The monoisotopic (exact) mass is 429 g/mol. The molecule has 0 aliphatic carbocycles. The molecule has 2 N–H and O–H groups in total. The van der Waals surface area contributed by atoms with Gasteiger partial charge in [-0.3, -0.25) is 4.98 Å². The number of nitrogens with two attached hydrogens (primary N) is 1. The molecule has 0 aliphatic heterocycles. The molecule has 0 saturated carbocycles. The number of hydrogen-bond donors (Lipinski definition) is 1. The van der Waals surface area contributed by atoms with E-state index in [-0.39, 0.29) is 5.97 Å². The van der Waals surface area contributed by atoms with E-state index in [0.29, 0.717) is 17.7 Å². The molecule has 0 spiro atoms. The van der Waals surface area contributed by atoms with Crippen LogP contribution in [0, 0.1) is 0 Å². The Hall–Kier alpha value is -3.80. The van der Waals surface area contributed by atoms with Gasteiger partial charge in [0.2, 0.25) is 0 Å². The summed E-state index contributed by atoms with van der Waals surface area (Å²) in [6.07, 6.45) is 6.60. The molecule has 0 saturated heterocycles. The number of nitrogen functional groups attached to an aromatic ring is 1. The lowest BCUT2D eigenvalue weighted by Gasteiger charge is -2.10. The average molecular weight is 430 g/mol. The van der Waals surface area contributed by atoms with Gasteiger partial charge >= 0.3 is 5.97 Å². The molecule has 0 aliphatic rings. The van der Waals surface area contributed by atoms with Crippen molar-refractivity contribution in [2.45, 2.75) is 25.8 Å². The van der Waals surface area contributed by atoms with Crippen LogP contribution in [0.25, 0.3) is 10.9 Å². The van der Waals surface area contributed by atoms with E-state index in [1.54, 1.807) is 19.2 Å². The molecule has 0 unspecified atom stereocenters. The van der Waals surface area contributed by atoms with E-state index in [2.05, 4.69) is 27.9 Å². The highest BCUT2D eigenvalue weighted by atomic mass is 16.5. The van der Waals surface area contributed by atoms with Crippen LogP contribution in [0.1, 0.15) is 33.6 Å². The molecular formula is C26H27N3O3. The molecular weight excluding hydrogens is 402 g/mol. The smallest absolute Gasteiger partial charge is 0.337 e. The van der Waals surface area contributed by atoms with E-state index in [4.69, 9.17) is 15.2 Å². The van der Waals surface area contributed by atoms with Crippen LogP contribution < -0.4 is 10.5 Å². The molecule has 2 aromatic carbocycles. The SMILES string of the molecule is COC(=O)c1ccc(Cc2cn(CCCc3ccccn3)c3ccc(N)cc23)c(OC)c1. The Kier molecular flexibility index (Phi) is 6.40. The number of hydrogen-bond acceptors (Lipinski definition) is 5. The standard InChI is InChI=1S/C26H27N3O3/c1-31-25-15-19(26(30)32-2)9-8-18(25)14-20-17-29(24-11-10-21(27)16-23(20)24)13-5-7-22-6-3-4-12-28-22/h3-4,6,8-12,15-17H,5,7,13-14,27H2,1-2H3. The maximum Gasteiger partial charge on any atom is 0.337 e. The quantitative estimate of drug-likeness (QED) is 0.326. The van der Waals surface area contributed by atoms with Crippen LogP contribution in [0.4, 0.5) is 5.69 Å². The number of ether oxygens (including phenoxy) is 2. The van der Waals surface area contributed by atoms with Crippen molar-refractivity contribution in [1.82, 2.24) is 9.55 Å². The first-order valence-corrected chi connectivity index (χ1v) is 10.6. The summed E-state index contributed by atoms with van der Waals surface area (Å²) in [6, 6.07) is 17.5. The Morgan fingerprint density at radius 2 is 1.94 bits per heavy atom. The molecule has 0 bridgehead atoms. The molecule has 0 fully saturated rings. The molecule has 0 radical (unpaired) electrons. The molecule has 4 aromatic rings. The number of aromatic nitrogens is 2. The van der Waals surface area contributed by atoms with E-state index < -0.39 is 0 Å². The maximum atomic E-state index is 11.9. The van der Waals surface area contributed by atoms with E-state index in [9.17, 15) is 4.79 Å². The summed E-state index contributed by atoms with van der Waals surface area (Å²) < 4.78 is 12.7. The Morgan fingerprint density at radius 3 is 2.69 bits per heavy atom. The fraction of sp³-hybridized carbons (Fsp3) is 0.231. The molecule has 164 valence electrons. The third kappa shape index (κ3) is 4.59. The number of methoxy groups -OCH3 is 2.